The molecule has 0 atom stereocenters. The van der Waals surface area contributed by atoms with Crippen LogP contribution in [0.15, 0.2) is 0 Å². The Hall–Kier alpha value is -0.290. The Kier molecular flexibility index (Phi) is 13.8. The predicted octanol–water partition coefficient (Wildman–Crippen LogP) is 0.775. The Morgan fingerprint density at radius 3 is 1.83 bits per heavy atom. The second kappa shape index (κ2) is 13.9. The molecule has 0 aliphatic heterocycles. The van der Waals surface area contributed by atoms with Crippen molar-refractivity contribution in [2.75, 3.05) is 79.4 Å². The Balaban J connectivity index is 3.42. The van der Waals surface area contributed by atoms with Crippen molar-refractivity contribution in [3.63, 3.8) is 0 Å². The van der Waals surface area contributed by atoms with Crippen molar-refractivity contribution in [1.82, 2.24) is 0 Å². The van der Waals surface area contributed by atoms with Gasteiger partial charge in [-0.1, -0.05) is 0 Å². The summed E-state index contributed by atoms with van der Waals surface area (Å²) < 4.78 is 52.0. The molecule has 0 aliphatic rings. The third-order valence-electron chi connectivity index (χ3n) is 3.18. The van der Waals surface area contributed by atoms with Crippen molar-refractivity contribution >= 4 is 10.1 Å². The number of ether oxygens (including phenoxy) is 4. The van der Waals surface area contributed by atoms with Gasteiger partial charge in [0.15, 0.2) is 6.73 Å². The molecule has 0 amide bonds. The molecule has 146 valence electrons. The third-order valence-corrected chi connectivity index (χ3v) is 3.98. The quantitative estimate of drug-likeness (QED) is 0.175. The molecule has 9 heteroatoms. The summed E-state index contributed by atoms with van der Waals surface area (Å²) in [6.45, 7) is 7.24. The first-order valence-corrected chi connectivity index (χ1v) is 9.96. The average Bonchev–Trinajstić information content (AvgIpc) is 2.48. The zero-order chi connectivity index (χ0) is 18.3. The van der Waals surface area contributed by atoms with Gasteiger partial charge in [-0.2, -0.15) is 8.42 Å². The van der Waals surface area contributed by atoms with Crippen molar-refractivity contribution < 1.29 is 36.4 Å². The first-order valence-electron chi connectivity index (χ1n) is 8.35. The highest BCUT2D eigenvalue weighted by atomic mass is 32.2. The Labute approximate surface area is 146 Å². The van der Waals surface area contributed by atoms with Crippen LogP contribution in [-0.2, 0) is 29.1 Å². The lowest BCUT2D eigenvalue weighted by molar-refractivity contribution is -0.909. The molecule has 8 nitrogen and oxygen atoms in total. The molecule has 0 heterocycles. The molecule has 0 spiro atoms. The number of hydrogen-bond acceptors (Lipinski definition) is 6. The van der Waals surface area contributed by atoms with Crippen molar-refractivity contribution in [1.29, 1.82) is 0 Å². The number of unbranched alkanes of at least 4 members (excludes halogenated alkanes) is 1. The van der Waals surface area contributed by atoms with E-state index in [1.54, 1.807) is 0 Å². The zero-order valence-corrected chi connectivity index (χ0v) is 16.1. The molecule has 0 aromatic rings. The van der Waals surface area contributed by atoms with Gasteiger partial charge in [0.2, 0.25) is 0 Å². The van der Waals surface area contributed by atoms with Gasteiger partial charge < -0.3 is 23.4 Å². The van der Waals surface area contributed by atoms with Crippen LogP contribution in [0.25, 0.3) is 0 Å². The minimum absolute atomic E-state index is 0.186. The number of hydrogen-bond donors (Lipinski definition) is 1. The van der Waals surface area contributed by atoms with Gasteiger partial charge >= 0.3 is 0 Å². The van der Waals surface area contributed by atoms with E-state index in [0.29, 0.717) is 70.3 Å². The predicted molar refractivity (Wildman–Crippen MR) is 91.6 cm³/mol. The van der Waals surface area contributed by atoms with E-state index in [1.165, 1.54) is 0 Å². The normalized spacial score (nSPS) is 12.7. The minimum atomic E-state index is -3.85. The van der Waals surface area contributed by atoms with E-state index in [2.05, 4.69) is 0 Å². The molecule has 0 aromatic heterocycles. The first kappa shape index (κ1) is 23.7. The van der Waals surface area contributed by atoms with E-state index in [0.717, 1.165) is 6.54 Å². The largest absolute Gasteiger partial charge is 0.379 e. The maximum Gasteiger partial charge on any atom is 0.264 e. The fraction of sp³-hybridized carbons (Fsp3) is 1.00. The number of quaternary nitrogens is 1. The number of rotatable bonds is 17. The summed E-state index contributed by atoms with van der Waals surface area (Å²) in [5, 5.41) is 0. The van der Waals surface area contributed by atoms with Crippen LogP contribution in [0.4, 0.5) is 0 Å². The van der Waals surface area contributed by atoms with Gasteiger partial charge in [0, 0.05) is 6.61 Å². The maximum atomic E-state index is 10.6. The standard InChI is InChI=1S/C15H33NO7S/c1-4-20-8-9-21-10-11-22-12-13-23-15-16(2,3)7-5-6-14-24(17,18)19/h4-15H2,1-3H3/p+1. The van der Waals surface area contributed by atoms with Gasteiger partial charge in [-0.25, -0.2) is 0 Å². The van der Waals surface area contributed by atoms with Crippen LogP contribution >= 0.6 is 0 Å². The molecule has 0 bridgehead atoms. The monoisotopic (exact) mass is 372 g/mol. The molecular weight excluding hydrogens is 338 g/mol. The van der Waals surface area contributed by atoms with E-state index >= 15 is 0 Å². The average molecular weight is 373 g/mol. The molecule has 24 heavy (non-hydrogen) atoms. The van der Waals surface area contributed by atoms with E-state index in [4.69, 9.17) is 23.5 Å². The Bertz CT molecular complexity index is 387. The summed E-state index contributed by atoms with van der Waals surface area (Å²) in [7, 11) is 0.176. The van der Waals surface area contributed by atoms with Gasteiger partial charge in [0.25, 0.3) is 10.1 Å². The molecule has 0 fully saturated rings. The molecule has 0 unspecified atom stereocenters. The SMILES string of the molecule is CCOCCOCCOCCOC[N+](C)(C)CCCCS(=O)(=O)O. The summed E-state index contributed by atoms with van der Waals surface area (Å²) in [6.07, 6.45) is 1.17. The molecular formula is C15H34NO7S+. The molecule has 0 rings (SSSR count). The fourth-order valence-corrected chi connectivity index (χ4v) is 2.47. The smallest absolute Gasteiger partial charge is 0.264 e. The summed E-state index contributed by atoms with van der Waals surface area (Å²) in [5.41, 5.74) is 0. The van der Waals surface area contributed by atoms with Crippen LogP contribution in [0, 0.1) is 0 Å². The van der Waals surface area contributed by atoms with Gasteiger partial charge in [-0.3, -0.25) is 4.55 Å². The van der Waals surface area contributed by atoms with Gasteiger partial charge in [-0.05, 0) is 19.8 Å². The van der Waals surface area contributed by atoms with E-state index < -0.39 is 10.1 Å². The maximum absolute atomic E-state index is 10.6. The van der Waals surface area contributed by atoms with Gasteiger partial charge in [0.1, 0.15) is 0 Å². The summed E-state index contributed by atoms with van der Waals surface area (Å²) in [4.78, 5) is 0. The van der Waals surface area contributed by atoms with E-state index in [1.807, 2.05) is 21.0 Å². The molecule has 0 saturated carbocycles. The van der Waals surface area contributed by atoms with E-state index in [9.17, 15) is 8.42 Å². The van der Waals surface area contributed by atoms with Crippen LogP contribution in [0.3, 0.4) is 0 Å². The number of nitrogens with zero attached hydrogens (tertiary/aromatic N) is 1. The van der Waals surface area contributed by atoms with Crippen molar-refractivity contribution in [2.24, 2.45) is 0 Å². The molecule has 0 aliphatic carbocycles. The highest BCUT2D eigenvalue weighted by Gasteiger charge is 2.15. The third kappa shape index (κ3) is 18.1. The lowest BCUT2D eigenvalue weighted by Crippen LogP contribution is -2.42. The summed E-state index contributed by atoms with van der Waals surface area (Å²) >= 11 is 0. The molecule has 0 aromatic carbocycles. The van der Waals surface area contributed by atoms with Crippen molar-refractivity contribution in [3.8, 4) is 0 Å². The first-order chi connectivity index (χ1) is 11.3. The highest BCUT2D eigenvalue weighted by Crippen LogP contribution is 2.03. The van der Waals surface area contributed by atoms with Crippen LogP contribution < -0.4 is 0 Å². The lowest BCUT2D eigenvalue weighted by Gasteiger charge is -2.29. The molecule has 0 radical (unpaired) electrons. The van der Waals surface area contributed by atoms with E-state index in [-0.39, 0.29) is 5.75 Å². The summed E-state index contributed by atoms with van der Waals surface area (Å²) in [6, 6.07) is 0. The van der Waals surface area contributed by atoms with Gasteiger partial charge in [0.05, 0.1) is 66.0 Å². The minimum Gasteiger partial charge on any atom is -0.379 e. The highest BCUT2D eigenvalue weighted by molar-refractivity contribution is 7.85. The van der Waals surface area contributed by atoms with Gasteiger partial charge in [-0.15, -0.1) is 0 Å². The van der Waals surface area contributed by atoms with Crippen molar-refractivity contribution in [3.05, 3.63) is 0 Å². The topological polar surface area (TPSA) is 91.3 Å². The molecule has 0 saturated heterocycles. The fourth-order valence-electron chi connectivity index (χ4n) is 1.90. The summed E-state index contributed by atoms with van der Waals surface area (Å²) in [5.74, 6) is -0.186. The van der Waals surface area contributed by atoms with Crippen LogP contribution in [0.5, 0.6) is 0 Å². The molecule has 1 N–H and O–H groups in total. The second-order valence-electron chi connectivity index (χ2n) is 6.11. The van der Waals surface area contributed by atoms with Crippen LogP contribution in [0.1, 0.15) is 19.8 Å². The Morgan fingerprint density at radius 2 is 1.33 bits per heavy atom. The van der Waals surface area contributed by atoms with Crippen LogP contribution in [0.2, 0.25) is 0 Å². The zero-order valence-electron chi connectivity index (χ0n) is 15.2. The lowest BCUT2D eigenvalue weighted by atomic mass is 10.3. The van der Waals surface area contributed by atoms with Crippen LogP contribution in [-0.4, -0.2) is 96.8 Å². The Morgan fingerprint density at radius 1 is 0.833 bits per heavy atom. The second-order valence-corrected chi connectivity index (χ2v) is 7.68. The van der Waals surface area contributed by atoms with Crippen molar-refractivity contribution in [2.45, 2.75) is 19.8 Å².